The van der Waals surface area contributed by atoms with E-state index in [-0.39, 0.29) is 0 Å². The van der Waals surface area contributed by atoms with Crippen LogP contribution in [-0.4, -0.2) is 16.7 Å². The van der Waals surface area contributed by atoms with Gasteiger partial charge in [-0.15, -0.1) is 0 Å². The summed E-state index contributed by atoms with van der Waals surface area (Å²) in [5, 5.41) is 8.61. The molecular formula is C25H36N4. The first-order valence-electron chi connectivity index (χ1n) is 11.0. The van der Waals surface area contributed by atoms with Crippen molar-refractivity contribution in [1.82, 2.24) is 15.6 Å². The third-order valence-electron chi connectivity index (χ3n) is 5.91. The topological polar surface area (TPSA) is 52.7 Å². The maximum absolute atomic E-state index is 4.33. The summed E-state index contributed by atoms with van der Waals surface area (Å²) in [7, 11) is 0. The highest BCUT2D eigenvalue weighted by molar-refractivity contribution is 5.81. The summed E-state index contributed by atoms with van der Waals surface area (Å²) in [5.41, 5.74) is 16.2. The van der Waals surface area contributed by atoms with Gasteiger partial charge in [-0.05, 0) is 72.1 Å². The lowest BCUT2D eigenvalue weighted by Gasteiger charge is -2.22. The van der Waals surface area contributed by atoms with Crippen molar-refractivity contribution in [2.45, 2.75) is 72.6 Å². The van der Waals surface area contributed by atoms with Gasteiger partial charge in [0.25, 0.3) is 0 Å². The van der Waals surface area contributed by atoms with Crippen LogP contribution >= 0.6 is 0 Å². The van der Waals surface area contributed by atoms with Crippen LogP contribution in [0.25, 0.3) is 10.9 Å². The van der Waals surface area contributed by atoms with Crippen molar-refractivity contribution in [3.8, 4) is 0 Å². The quantitative estimate of drug-likeness (QED) is 0.378. The van der Waals surface area contributed by atoms with Crippen molar-refractivity contribution < 1.29 is 0 Å². The molecule has 0 saturated heterocycles. The van der Waals surface area contributed by atoms with Crippen molar-refractivity contribution in [2.75, 3.05) is 12.0 Å². The molecule has 3 N–H and O–H groups in total. The van der Waals surface area contributed by atoms with Crippen LogP contribution in [0.5, 0.6) is 0 Å². The zero-order chi connectivity index (χ0) is 21.0. The molecule has 0 fully saturated rings. The van der Waals surface area contributed by atoms with E-state index in [9.17, 15) is 0 Å². The van der Waals surface area contributed by atoms with Crippen molar-refractivity contribution in [3.63, 3.8) is 0 Å². The molecule has 2 aromatic carbocycles. The van der Waals surface area contributed by atoms with E-state index in [0.717, 1.165) is 37.0 Å². The minimum atomic E-state index is 0.399. The molecule has 1 atom stereocenters. The van der Waals surface area contributed by atoms with Gasteiger partial charge in [-0.25, -0.2) is 5.43 Å². The van der Waals surface area contributed by atoms with E-state index >= 15 is 0 Å². The van der Waals surface area contributed by atoms with Crippen LogP contribution < -0.4 is 10.9 Å². The van der Waals surface area contributed by atoms with Crippen molar-refractivity contribution in [1.29, 1.82) is 0 Å². The van der Waals surface area contributed by atoms with Crippen LogP contribution in [0.1, 0.15) is 80.8 Å². The molecule has 29 heavy (non-hydrogen) atoms. The summed E-state index contributed by atoms with van der Waals surface area (Å²) < 4.78 is 0. The number of nitrogens with one attached hydrogen (secondary N) is 3. The van der Waals surface area contributed by atoms with Gasteiger partial charge in [-0.3, -0.25) is 5.10 Å². The van der Waals surface area contributed by atoms with Crippen molar-refractivity contribution in [3.05, 3.63) is 58.3 Å². The number of H-pyrrole nitrogens is 1. The van der Waals surface area contributed by atoms with Crippen LogP contribution in [0, 0.1) is 6.92 Å². The Bertz CT molecular complexity index is 955. The Hall–Kier alpha value is -2.33. The van der Waals surface area contributed by atoms with Crippen LogP contribution in [-0.2, 0) is 12.8 Å². The van der Waals surface area contributed by atoms with Gasteiger partial charge in [-0.2, -0.15) is 5.10 Å². The van der Waals surface area contributed by atoms with Gasteiger partial charge in [-0.1, -0.05) is 53.2 Å². The van der Waals surface area contributed by atoms with E-state index in [2.05, 4.69) is 92.9 Å². The van der Waals surface area contributed by atoms with E-state index in [1.165, 1.54) is 33.3 Å². The molecule has 4 nitrogen and oxygen atoms in total. The second kappa shape index (κ2) is 9.45. The number of hydrazine groups is 1. The Labute approximate surface area is 175 Å². The number of benzene rings is 2. The molecule has 156 valence electrons. The predicted molar refractivity (Wildman–Crippen MR) is 125 cm³/mol. The first-order chi connectivity index (χ1) is 14.0. The lowest BCUT2D eigenvalue weighted by atomic mass is 9.89. The number of hydrogen-bond donors (Lipinski definition) is 3. The van der Waals surface area contributed by atoms with Crippen LogP contribution in [0.15, 0.2) is 30.3 Å². The van der Waals surface area contributed by atoms with Crippen molar-refractivity contribution >= 4 is 16.6 Å². The molecule has 0 bridgehead atoms. The smallest absolute Gasteiger partial charge is 0.0923 e. The Balaban J connectivity index is 1.72. The molecule has 3 rings (SSSR count). The van der Waals surface area contributed by atoms with Crippen LogP contribution in [0.4, 0.5) is 5.69 Å². The number of aromatic nitrogens is 2. The average molecular weight is 393 g/mol. The van der Waals surface area contributed by atoms with Gasteiger partial charge in [0, 0.05) is 17.6 Å². The summed E-state index contributed by atoms with van der Waals surface area (Å²) in [4.78, 5) is 0. The lowest BCUT2D eigenvalue weighted by molar-refractivity contribution is 0.670. The predicted octanol–water partition coefficient (Wildman–Crippen LogP) is 6.23. The summed E-state index contributed by atoms with van der Waals surface area (Å²) >= 11 is 0. The van der Waals surface area contributed by atoms with Crippen molar-refractivity contribution in [2.24, 2.45) is 0 Å². The molecule has 1 unspecified atom stereocenters. The summed E-state index contributed by atoms with van der Waals surface area (Å²) in [5.74, 6) is 0.959. The van der Waals surface area contributed by atoms with E-state index in [4.69, 9.17) is 0 Å². The van der Waals surface area contributed by atoms with Gasteiger partial charge < -0.3 is 5.43 Å². The molecule has 0 aliphatic carbocycles. The molecule has 0 aliphatic heterocycles. The van der Waals surface area contributed by atoms with E-state index in [0.29, 0.717) is 11.8 Å². The number of rotatable bonds is 9. The molecular weight excluding hydrogens is 356 g/mol. The largest absolute Gasteiger partial charge is 0.321 e. The first kappa shape index (κ1) is 21.4. The Kier molecular flexibility index (Phi) is 6.96. The van der Waals surface area contributed by atoms with Gasteiger partial charge in [0.1, 0.15) is 0 Å². The number of aryl methyl sites for hydroxylation is 1. The highest BCUT2D eigenvalue weighted by Crippen LogP contribution is 2.30. The van der Waals surface area contributed by atoms with E-state index < -0.39 is 0 Å². The fraction of sp³-hybridized carbons (Fsp3) is 0.480. The molecule has 0 spiro atoms. The molecule has 0 saturated carbocycles. The monoisotopic (exact) mass is 392 g/mol. The fourth-order valence-electron chi connectivity index (χ4n) is 4.20. The van der Waals surface area contributed by atoms with E-state index in [1.54, 1.807) is 0 Å². The molecule has 4 heteroatoms. The first-order valence-corrected chi connectivity index (χ1v) is 11.0. The Morgan fingerprint density at radius 2 is 1.83 bits per heavy atom. The second-order valence-electron chi connectivity index (χ2n) is 8.45. The number of aromatic amines is 1. The zero-order valence-corrected chi connectivity index (χ0v) is 18.8. The van der Waals surface area contributed by atoms with Crippen LogP contribution in [0.3, 0.4) is 0 Å². The van der Waals surface area contributed by atoms with Gasteiger partial charge >= 0.3 is 0 Å². The molecule has 3 aromatic rings. The minimum absolute atomic E-state index is 0.399. The number of anilines is 1. The maximum Gasteiger partial charge on any atom is 0.0923 e. The van der Waals surface area contributed by atoms with Crippen LogP contribution in [0.2, 0.25) is 0 Å². The Morgan fingerprint density at radius 3 is 2.52 bits per heavy atom. The standard InChI is InChI=1S/C25H36N4/c1-7-9-22-20(8-2)21(16(3)4)11-13-24(22)28-26-15-17(5)19-10-12-25-23(14-19)18(6)27-29-25/h10-14,16-17,26,28H,7-9,15H2,1-6H3,(H,27,29). The number of hydrogen-bond acceptors (Lipinski definition) is 3. The van der Waals surface area contributed by atoms with Gasteiger partial charge in [0.2, 0.25) is 0 Å². The SMILES string of the molecule is CCCc1c(NNCC(C)c2ccc3n[nH]c(C)c3c2)ccc(C(C)C)c1CC. The Morgan fingerprint density at radius 1 is 1.03 bits per heavy atom. The molecule has 0 radical (unpaired) electrons. The maximum atomic E-state index is 4.33. The third-order valence-corrected chi connectivity index (χ3v) is 5.91. The van der Waals surface area contributed by atoms with Gasteiger partial charge in [0.05, 0.1) is 11.2 Å². The lowest BCUT2D eigenvalue weighted by Crippen LogP contribution is -2.27. The van der Waals surface area contributed by atoms with E-state index in [1.807, 2.05) is 0 Å². The van der Waals surface area contributed by atoms with Gasteiger partial charge in [0.15, 0.2) is 0 Å². The number of fused-ring (bicyclic) bond motifs is 1. The number of nitrogens with zero attached hydrogens (tertiary/aromatic N) is 1. The normalized spacial score (nSPS) is 12.7. The molecule has 1 aromatic heterocycles. The average Bonchev–Trinajstić information content (AvgIpc) is 3.08. The molecule has 0 aliphatic rings. The molecule has 1 heterocycles. The third kappa shape index (κ3) is 4.64. The highest BCUT2D eigenvalue weighted by Gasteiger charge is 2.14. The minimum Gasteiger partial charge on any atom is -0.321 e. The summed E-state index contributed by atoms with van der Waals surface area (Å²) in [6.07, 6.45) is 3.35. The fourth-order valence-corrected chi connectivity index (χ4v) is 4.20. The summed E-state index contributed by atoms with van der Waals surface area (Å²) in [6, 6.07) is 11.1. The highest BCUT2D eigenvalue weighted by atomic mass is 15.4. The second-order valence-corrected chi connectivity index (χ2v) is 8.45. The molecule has 0 amide bonds. The zero-order valence-electron chi connectivity index (χ0n) is 18.8. The summed E-state index contributed by atoms with van der Waals surface area (Å²) in [6.45, 7) is 14.3.